The minimum Gasteiger partial charge on any atom is -0.369 e. The van der Waals surface area contributed by atoms with Crippen LogP contribution in [-0.2, 0) is 10.3 Å². The van der Waals surface area contributed by atoms with E-state index in [4.69, 9.17) is 11.5 Å². The molecule has 17 heavy (non-hydrogen) atoms. The van der Waals surface area contributed by atoms with Gasteiger partial charge in [0.1, 0.15) is 11.1 Å². The molecule has 0 aromatic carbocycles. The first-order valence-corrected chi connectivity index (χ1v) is 5.25. The van der Waals surface area contributed by atoms with E-state index in [9.17, 15) is 4.79 Å². The van der Waals surface area contributed by atoms with Crippen LogP contribution in [0.2, 0.25) is 0 Å². The Hall–Kier alpha value is -2.11. The summed E-state index contributed by atoms with van der Waals surface area (Å²) in [6.07, 6.45) is 1.71. The fraction of sp³-hybridized carbons (Fsp3) is 0.364. The van der Waals surface area contributed by atoms with Crippen LogP contribution in [0.3, 0.4) is 0 Å². The highest BCUT2D eigenvalue weighted by atomic mass is 16.1. The maximum absolute atomic E-state index is 11.5. The van der Waals surface area contributed by atoms with E-state index < -0.39 is 11.4 Å². The summed E-state index contributed by atoms with van der Waals surface area (Å²) < 4.78 is 1.56. The molecule has 6 nitrogen and oxygen atoms in total. The molecule has 0 aliphatic heterocycles. The zero-order valence-corrected chi connectivity index (χ0v) is 10.1. The Morgan fingerprint density at radius 2 is 2.12 bits per heavy atom. The number of nitrogen functional groups attached to an aromatic ring is 1. The van der Waals surface area contributed by atoms with Crippen molar-refractivity contribution in [3.63, 3.8) is 0 Å². The summed E-state index contributed by atoms with van der Waals surface area (Å²) in [6, 6.07) is 1.87. The van der Waals surface area contributed by atoms with Crippen molar-refractivity contribution in [3.8, 4) is 0 Å². The van der Waals surface area contributed by atoms with Gasteiger partial charge in [0.05, 0.1) is 0 Å². The number of nitrogens with zero attached hydrogens (tertiary/aromatic N) is 3. The number of amides is 1. The minimum absolute atomic E-state index is 0.238. The Bertz CT molecular complexity index is 599. The quantitative estimate of drug-likeness (QED) is 0.790. The summed E-state index contributed by atoms with van der Waals surface area (Å²) in [4.78, 5) is 19.9. The number of aryl methyl sites for hydroxylation is 1. The van der Waals surface area contributed by atoms with Crippen LogP contribution in [0.15, 0.2) is 12.3 Å². The molecule has 0 unspecified atom stereocenters. The molecule has 0 saturated carbocycles. The number of imidazole rings is 1. The van der Waals surface area contributed by atoms with Gasteiger partial charge < -0.3 is 11.5 Å². The van der Waals surface area contributed by atoms with Crippen LogP contribution in [0.1, 0.15) is 19.4 Å². The van der Waals surface area contributed by atoms with Gasteiger partial charge in [-0.3, -0.25) is 9.36 Å². The molecule has 2 rings (SSSR count). The number of anilines is 1. The Kier molecular flexibility index (Phi) is 2.30. The van der Waals surface area contributed by atoms with Gasteiger partial charge in [-0.15, -0.1) is 0 Å². The van der Waals surface area contributed by atoms with Crippen molar-refractivity contribution in [2.75, 3.05) is 5.73 Å². The summed E-state index contributed by atoms with van der Waals surface area (Å²) in [5, 5.41) is 0. The highest BCUT2D eigenvalue weighted by Gasteiger charge is 2.31. The van der Waals surface area contributed by atoms with Gasteiger partial charge in [0.15, 0.2) is 5.65 Å². The normalized spacial score (nSPS) is 11.9. The molecular formula is C11H15N5O. The number of fused-ring (bicyclic) bond motifs is 1. The highest BCUT2D eigenvalue weighted by molar-refractivity contribution is 5.86. The molecule has 0 aliphatic rings. The van der Waals surface area contributed by atoms with Gasteiger partial charge in [-0.1, -0.05) is 0 Å². The summed E-state index contributed by atoms with van der Waals surface area (Å²) in [6.45, 7) is 5.30. The monoisotopic (exact) mass is 233 g/mol. The summed E-state index contributed by atoms with van der Waals surface area (Å²) in [5.74, 6) is -0.243. The van der Waals surface area contributed by atoms with Crippen LogP contribution in [0.5, 0.6) is 0 Å². The van der Waals surface area contributed by atoms with E-state index in [1.54, 1.807) is 24.6 Å². The Labute approximate surface area is 98.6 Å². The van der Waals surface area contributed by atoms with Crippen molar-refractivity contribution >= 4 is 23.0 Å². The maximum Gasteiger partial charge on any atom is 0.243 e. The molecule has 4 N–H and O–H groups in total. The average Bonchev–Trinajstić information content (AvgIpc) is 2.53. The minimum atomic E-state index is -0.957. The Balaban J connectivity index is 2.78. The van der Waals surface area contributed by atoms with Crippen molar-refractivity contribution in [1.82, 2.24) is 14.5 Å². The van der Waals surface area contributed by atoms with Crippen molar-refractivity contribution in [2.45, 2.75) is 26.3 Å². The zero-order chi connectivity index (χ0) is 12.8. The number of pyridine rings is 1. The number of carbonyl (C=O) groups excluding carboxylic acids is 1. The highest BCUT2D eigenvalue weighted by Crippen LogP contribution is 2.25. The Morgan fingerprint density at radius 1 is 1.47 bits per heavy atom. The first-order valence-electron chi connectivity index (χ1n) is 5.25. The summed E-state index contributed by atoms with van der Waals surface area (Å²) >= 11 is 0. The van der Waals surface area contributed by atoms with Gasteiger partial charge in [-0.25, -0.2) is 9.97 Å². The van der Waals surface area contributed by atoms with Crippen molar-refractivity contribution in [2.24, 2.45) is 5.73 Å². The molecule has 2 aromatic heterocycles. The third-order valence-electron chi connectivity index (χ3n) is 2.82. The predicted octanol–water partition coefficient (Wildman–Crippen LogP) is 0.542. The fourth-order valence-electron chi connectivity index (χ4n) is 1.74. The maximum atomic E-state index is 11.5. The average molecular weight is 233 g/mol. The SMILES string of the molecule is Cc1cnc2c(c1)nc(N)n2C(C)(C)C(N)=O. The second-order valence-electron chi connectivity index (χ2n) is 4.58. The largest absolute Gasteiger partial charge is 0.369 e. The van der Waals surface area contributed by atoms with E-state index in [1.807, 2.05) is 13.0 Å². The second-order valence-corrected chi connectivity index (χ2v) is 4.58. The lowest BCUT2D eigenvalue weighted by Crippen LogP contribution is -2.41. The number of primary amides is 1. The van der Waals surface area contributed by atoms with Crippen LogP contribution in [0.4, 0.5) is 5.95 Å². The van der Waals surface area contributed by atoms with E-state index in [0.29, 0.717) is 11.2 Å². The lowest BCUT2D eigenvalue weighted by atomic mass is 10.0. The molecule has 0 radical (unpaired) electrons. The summed E-state index contributed by atoms with van der Waals surface area (Å²) in [5.41, 5.74) is 12.5. The molecular weight excluding hydrogens is 218 g/mol. The molecule has 6 heteroatoms. The lowest BCUT2D eigenvalue weighted by Gasteiger charge is -2.23. The van der Waals surface area contributed by atoms with Gasteiger partial charge in [-0.05, 0) is 32.4 Å². The van der Waals surface area contributed by atoms with Crippen LogP contribution >= 0.6 is 0 Å². The van der Waals surface area contributed by atoms with E-state index in [0.717, 1.165) is 5.56 Å². The van der Waals surface area contributed by atoms with Crippen LogP contribution in [0.25, 0.3) is 11.2 Å². The number of hydrogen-bond acceptors (Lipinski definition) is 4. The van der Waals surface area contributed by atoms with Crippen molar-refractivity contribution in [3.05, 3.63) is 17.8 Å². The van der Waals surface area contributed by atoms with Gasteiger partial charge in [-0.2, -0.15) is 0 Å². The lowest BCUT2D eigenvalue weighted by molar-refractivity contribution is -0.124. The van der Waals surface area contributed by atoms with E-state index in [-0.39, 0.29) is 5.95 Å². The standard InChI is InChI=1S/C11H15N5O/c1-6-4-7-8(14-5-6)16(10(13)15-7)11(2,3)9(12)17/h4-5H,1-3H3,(H2,12,17)(H2,13,15). The van der Waals surface area contributed by atoms with Gasteiger partial charge in [0, 0.05) is 6.20 Å². The number of carbonyl (C=O) groups is 1. The number of rotatable bonds is 2. The number of aromatic nitrogens is 3. The third kappa shape index (κ3) is 1.61. The molecule has 0 bridgehead atoms. The fourth-order valence-corrected chi connectivity index (χ4v) is 1.74. The molecule has 1 amide bonds. The van der Waals surface area contributed by atoms with Gasteiger partial charge in [0.2, 0.25) is 11.9 Å². The topological polar surface area (TPSA) is 99.8 Å². The molecule has 0 atom stereocenters. The molecule has 0 fully saturated rings. The summed E-state index contributed by atoms with van der Waals surface area (Å²) in [7, 11) is 0. The predicted molar refractivity (Wildman–Crippen MR) is 65.2 cm³/mol. The zero-order valence-electron chi connectivity index (χ0n) is 10.1. The van der Waals surface area contributed by atoms with E-state index in [2.05, 4.69) is 9.97 Å². The number of hydrogen-bond donors (Lipinski definition) is 2. The smallest absolute Gasteiger partial charge is 0.243 e. The Morgan fingerprint density at radius 3 is 2.71 bits per heavy atom. The molecule has 0 saturated heterocycles. The molecule has 0 aliphatic carbocycles. The molecule has 2 heterocycles. The van der Waals surface area contributed by atoms with Crippen LogP contribution in [0, 0.1) is 6.92 Å². The van der Waals surface area contributed by atoms with Gasteiger partial charge in [0.25, 0.3) is 0 Å². The van der Waals surface area contributed by atoms with Crippen LogP contribution < -0.4 is 11.5 Å². The first-order chi connectivity index (χ1) is 7.84. The van der Waals surface area contributed by atoms with Crippen LogP contribution in [-0.4, -0.2) is 20.4 Å². The molecule has 2 aromatic rings. The number of nitrogens with two attached hydrogens (primary N) is 2. The molecule has 90 valence electrons. The first kappa shape index (κ1) is 11.4. The van der Waals surface area contributed by atoms with Crippen molar-refractivity contribution < 1.29 is 4.79 Å². The van der Waals surface area contributed by atoms with E-state index >= 15 is 0 Å². The van der Waals surface area contributed by atoms with Gasteiger partial charge >= 0.3 is 0 Å². The molecule has 0 spiro atoms. The second kappa shape index (κ2) is 3.44. The van der Waals surface area contributed by atoms with Crippen molar-refractivity contribution in [1.29, 1.82) is 0 Å². The van der Waals surface area contributed by atoms with E-state index in [1.165, 1.54) is 0 Å². The third-order valence-corrected chi connectivity index (χ3v) is 2.82.